The molecule has 5 rings (SSSR count). The van der Waals surface area contributed by atoms with Crippen LogP contribution in [0.2, 0.25) is 0 Å². The average molecular weight is 526 g/mol. The Labute approximate surface area is 234 Å². The van der Waals surface area contributed by atoms with Crippen LogP contribution in [0.3, 0.4) is 0 Å². The highest BCUT2D eigenvalue weighted by Gasteiger charge is 2.20. The maximum atomic E-state index is 5.83. The molecule has 3 aromatic rings. The summed E-state index contributed by atoms with van der Waals surface area (Å²) in [6, 6.07) is 16.4. The van der Waals surface area contributed by atoms with Crippen molar-refractivity contribution in [3.63, 3.8) is 0 Å². The highest BCUT2D eigenvalue weighted by molar-refractivity contribution is 5.60. The first-order chi connectivity index (χ1) is 18.9. The van der Waals surface area contributed by atoms with E-state index in [2.05, 4.69) is 87.3 Å². The number of nitrogens with two attached hydrogens (primary N) is 1. The summed E-state index contributed by atoms with van der Waals surface area (Å²) >= 11 is 0. The van der Waals surface area contributed by atoms with E-state index in [0.29, 0.717) is 5.92 Å². The molecule has 2 saturated heterocycles. The number of piperazine rings is 1. The third kappa shape index (κ3) is 7.83. The van der Waals surface area contributed by atoms with Crippen molar-refractivity contribution in [2.24, 2.45) is 0 Å². The number of nitrogens with one attached hydrogen (secondary N) is 1. The van der Waals surface area contributed by atoms with Crippen LogP contribution in [0.15, 0.2) is 86.0 Å². The Balaban J connectivity index is 0.000000229. The predicted octanol–water partition coefficient (Wildman–Crippen LogP) is 5.82. The number of likely N-dealkylation sites (tertiary alicyclic amines) is 1. The normalized spacial score (nSPS) is 15.6. The number of hydrogen-bond donors (Lipinski definition) is 2. The number of anilines is 3. The lowest BCUT2D eigenvalue weighted by Gasteiger charge is -2.39. The second-order valence-electron chi connectivity index (χ2n) is 10.5. The first kappa shape index (κ1) is 28.2. The molecule has 3 N–H and O–H groups in total. The molecule has 0 saturated carbocycles. The van der Waals surface area contributed by atoms with Crippen LogP contribution in [0.4, 0.5) is 17.1 Å². The average Bonchev–Trinajstić information content (AvgIpc) is 3.48. The summed E-state index contributed by atoms with van der Waals surface area (Å²) in [5.74, 6) is 1.23. The van der Waals surface area contributed by atoms with E-state index >= 15 is 0 Å². The zero-order valence-electron chi connectivity index (χ0n) is 23.5. The SMILES string of the molecule is C=C(CN1CCCC1)N1CCN(c2ccc(-c3ncccn3)cc2)CC1.C=CNc1ccc(N)c(C(C)C)c1. The highest BCUT2D eigenvalue weighted by Crippen LogP contribution is 2.25. The Morgan fingerprint density at radius 1 is 0.974 bits per heavy atom. The molecule has 2 fully saturated rings. The van der Waals surface area contributed by atoms with Crippen molar-refractivity contribution in [3.8, 4) is 11.4 Å². The van der Waals surface area contributed by atoms with Crippen LogP contribution in [0, 0.1) is 0 Å². The Morgan fingerprint density at radius 2 is 1.64 bits per heavy atom. The van der Waals surface area contributed by atoms with E-state index in [1.165, 1.54) is 42.9 Å². The minimum atomic E-state index is 0.451. The maximum Gasteiger partial charge on any atom is 0.159 e. The minimum Gasteiger partial charge on any atom is -0.398 e. The smallest absolute Gasteiger partial charge is 0.159 e. The van der Waals surface area contributed by atoms with Gasteiger partial charge >= 0.3 is 0 Å². The molecule has 2 aliphatic rings. The summed E-state index contributed by atoms with van der Waals surface area (Å²) in [6.45, 7) is 19.9. The molecular formula is C32H43N7. The largest absolute Gasteiger partial charge is 0.398 e. The van der Waals surface area contributed by atoms with Crippen molar-refractivity contribution >= 4 is 17.1 Å². The first-order valence-corrected chi connectivity index (χ1v) is 14.0. The van der Waals surface area contributed by atoms with E-state index in [1.807, 2.05) is 18.2 Å². The fourth-order valence-electron chi connectivity index (χ4n) is 5.13. The second kappa shape index (κ2) is 13.8. The van der Waals surface area contributed by atoms with Crippen molar-refractivity contribution in [2.45, 2.75) is 32.6 Å². The molecule has 0 bridgehead atoms. The van der Waals surface area contributed by atoms with Crippen molar-refractivity contribution in [1.82, 2.24) is 19.8 Å². The van der Waals surface area contributed by atoms with Gasteiger partial charge in [-0.1, -0.05) is 27.0 Å². The molecule has 0 amide bonds. The number of nitrogen functional groups attached to an aromatic ring is 1. The number of nitrogens with zero attached hydrogens (tertiary/aromatic N) is 5. The van der Waals surface area contributed by atoms with E-state index in [4.69, 9.17) is 5.73 Å². The van der Waals surface area contributed by atoms with E-state index in [1.54, 1.807) is 18.6 Å². The quantitative estimate of drug-likeness (QED) is 0.359. The Morgan fingerprint density at radius 3 is 2.26 bits per heavy atom. The second-order valence-corrected chi connectivity index (χ2v) is 10.5. The van der Waals surface area contributed by atoms with Crippen molar-refractivity contribution in [1.29, 1.82) is 0 Å². The van der Waals surface area contributed by atoms with Crippen LogP contribution in [0.1, 0.15) is 38.2 Å². The van der Waals surface area contributed by atoms with Crippen LogP contribution >= 0.6 is 0 Å². The van der Waals surface area contributed by atoms with Gasteiger partial charge in [-0.2, -0.15) is 0 Å². The Hall–Kier alpha value is -3.84. The Bertz CT molecular complexity index is 1190. The molecular weight excluding hydrogens is 482 g/mol. The molecule has 7 nitrogen and oxygen atoms in total. The summed E-state index contributed by atoms with van der Waals surface area (Å²) in [5, 5.41) is 3.04. The monoisotopic (exact) mass is 525 g/mol. The Kier molecular flexibility index (Phi) is 9.97. The van der Waals surface area contributed by atoms with Crippen molar-refractivity contribution in [3.05, 3.63) is 91.5 Å². The minimum absolute atomic E-state index is 0.451. The van der Waals surface area contributed by atoms with Crippen LogP contribution in [-0.2, 0) is 0 Å². The number of hydrogen-bond acceptors (Lipinski definition) is 7. The number of rotatable bonds is 8. The van der Waals surface area contributed by atoms with Gasteiger partial charge in [0.2, 0.25) is 0 Å². The molecule has 0 atom stereocenters. The molecule has 3 heterocycles. The lowest BCUT2D eigenvalue weighted by Crippen LogP contribution is -2.47. The van der Waals surface area contributed by atoms with Crippen molar-refractivity contribution in [2.75, 3.05) is 61.8 Å². The zero-order valence-corrected chi connectivity index (χ0v) is 23.5. The van der Waals surface area contributed by atoms with Gasteiger partial charge in [-0.05, 0) is 92.1 Å². The summed E-state index contributed by atoms with van der Waals surface area (Å²) in [7, 11) is 0. The summed E-state index contributed by atoms with van der Waals surface area (Å²) in [6.07, 6.45) is 7.90. The van der Waals surface area contributed by atoms with Gasteiger partial charge in [0.1, 0.15) is 0 Å². The standard InChI is InChI=1S/C21H27N5.C11H16N2/c1-18(17-24-11-2-3-12-24)25-13-15-26(16-14-25)20-7-5-19(6-8-20)21-22-9-4-10-23-21;1-4-13-9-5-6-11(12)10(7-9)8(2)3/h4-10H,1-3,11-17H2;4-8,13H,1,12H2,2-3H3. The van der Waals surface area contributed by atoms with Crippen molar-refractivity contribution < 1.29 is 0 Å². The van der Waals surface area contributed by atoms with Gasteiger partial charge in [0.05, 0.1) is 0 Å². The molecule has 0 radical (unpaired) electrons. The van der Waals surface area contributed by atoms with Gasteiger partial charge in [0.15, 0.2) is 5.82 Å². The summed E-state index contributed by atoms with van der Waals surface area (Å²) in [4.78, 5) is 16.1. The summed E-state index contributed by atoms with van der Waals surface area (Å²) < 4.78 is 0. The van der Waals surface area contributed by atoms with Crippen LogP contribution in [0.25, 0.3) is 11.4 Å². The molecule has 0 aliphatic carbocycles. The van der Waals surface area contributed by atoms with E-state index in [9.17, 15) is 0 Å². The lowest BCUT2D eigenvalue weighted by molar-refractivity contribution is 0.270. The van der Waals surface area contributed by atoms with Crippen LogP contribution in [0.5, 0.6) is 0 Å². The molecule has 206 valence electrons. The fourth-order valence-corrected chi connectivity index (χ4v) is 5.13. The topological polar surface area (TPSA) is 73.5 Å². The third-order valence-corrected chi connectivity index (χ3v) is 7.37. The van der Waals surface area contributed by atoms with Gasteiger partial charge in [-0.15, -0.1) is 0 Å². The third-order valence-electron chi connectivity index (χ3n) is 7.37. The van der Waals surface area contributed by atoms with Gasteiger partial charge in [-0.25, -0.2) is 9.97 Å². The summed E-state index contributed by atoms with van der Waals surface area (Å²) in [5.41, 5.74) is 12.5. The molecule has 0 spiro atoms. The molecule has 39 heavy (non-hydrogen) atoms. The zero-order chi connectivity index (χ0) is 27.6. The van der Waals surface area contributed by atoms with Gasteiger partial charge in [-0.3, -0.25) is 4.90 Å². The van der Waals surface area contributed by atoms with Crippen LogP contribution < -0.4 is 16.0 Å². The predicted molar refractivity (Wildman–Crippen MR) is 165 cm³/mol. The first-order valence-electron chi connectivity index (χ1n) is 14.0. The molecule has 1 aromatic heterocycles. The number of aromatic nitrogens is 2. The van der Waals surface area contributed by atoms with Gasteiger partial charge in [0.25, 0.3) is 0 Å². The van der Waals surface area contributed by atoms with Crippen LogP contribution in [-0.4, -0.2) is 65.6 Å². The highest BCUT2D eigenvalue weighted by atomic mass is 15.3. The van der Waals surface area contributed by atoms with E-state index < -0.39 is 0 Å². The maximum absolute atomic E-state index is 5.83. The van der Waals surface area contributed by atoms with E-state index in [0.717, 1.165) is 55.5 Å². The molecule has 2 aliphatic heterocycles. The van der Waals surface area contributed by atoms with E-state index in [-0.39, 0.29) is 0 Å². The van der Waals surface area contributed by atoms with Gasteiger partial charge in [0, 0.05) is 73.4 Å². The molecule has 2 aromatic carbocycles. The molecule has 0 unspecified atom stereocenters. The van der Waals surface area contributed by atoms with Gasteiger partial charge < -0.3 is 20.9 Å². The fraction of sp³-hybridized carbons (Fsp3) is 0.375. The molecule has 7 heteroatoms. The number of benzene rings is 2. The lowest BCUT2D eigenvalue weighted by atomic mass is 10.0.